The molecule has 3 rings (SSSR count). The average Bonchev–Trinajstić information content (AvgIpc) is 3.29. The van der Waals surface area contributed by atoms with Crippen molar-refractivity contribution in [2.75, 3.05) is 19.7 Å². The lowest BCUT2D eigenvalue weighted by molar-refractivity contribution is 0.159. The zero-order chi connectivity index (χ0) is 15.4. The standard InChI is InChI=1S/C18H26N2O2/c21-12-11-20(13-14-9-10-14)18(22)19-17(16-7-4-8-16)15-5-2-1-3-6-15/h1-3,5-6,14,16-17,21H,4,7-13H2,(H,19,22). The van der Waals surface area contributed by atoms with Crippen LogP contribution < -0.4 is 5.32 Å². The Kier molecular flexibility index (Phi) is 4.98. The van der Waals surface area contributed by atoms with E-state index in [1.54, 1.807) is 4.90 Å². The van der Waals surface area contributed by atoms with E-state index in [0.717, 1.165) is 6.54 Å². The van der Waals surface area contributed by atoms with Crippen LogP contribution in [-0.2, 0) is 0 Å². The zero-order valence-corrected chi connectivity index (χ0v) is 13.1. The van der Waals surface area contributed by atoms with Crippen molar-refractivity contribution >= 4 is 6.03 Å². The van der Waals surface area contributed by atoms with Gasteiger partial charge in [-0.15, -0.1) is 0 Å². The summed E-state index contributed by atoms with van der Waals surface area (Å²) in [5, 5.41) is 12.4. The molecule has 2 amide bonds. The number of hydrogen-bond donors (Lipinski definition) is 2. The maximum Gasteiger partial charge on any atom is 0.317 e. The molecule has 4 heteroatoms. The fourth-order valence-electron chi connectivity index (χ4n) is 3.14. The van der Waals surface area contributed by atoms with Gasteiger partial charge in [-0.2, -0.15) is 0 Å². The van der Waals surface area contributed by atoms with E-state index in [4.69, 9.17) is 0 Å². The third-order valence-electron chi connectivity index (χ3n) is 4.89. The van der Waals surface area contributed by atoms with E-state index in [9.17, 15) is 9.90 Å². The van der Waals surface area contributed by atoms with Crippen LogP contribution in [-0.4, -0.2) is 35.7 Å². The van der Waals surface area contributed by atoms with Crippen LogP contribution in [0.1, 0.15) is 43.7 Å². The summed E-state index contributed by atoms with van der Waals surface area (Å²) in [6.07, 6.45) is 6.04. The molecule has 2 fully saturated rings. The van der Waals surface area contributed by atoms with E-state index in [1.807, 2.05) is 18.2 Å². The molecule has 0 heterocycles. The van der Waals surface area contributed by atoms with Crippen molar-refractivity contribution in [2.45, 2.75) is 38.1 Å². The van der Waals surface area contributed by atoms with Gasteiger partial charge in [-0.05, 0) is 43.1 Å². The normalized spacial score (nSPS) is 19.3. The van der Waals surface area contributed by atoms with Gasteiger partial charge in [0.15, 0.2) is 0 Å². The number of urea groups is 1. The molecule has 1 aromatic carbocycles. The van der Waals surface area contributed by atoms with Crippen molar-refractivity contribution < 1.29 is 9.90 Å². The van der Waals surface area contributed by atoms with E-state index < -0.39 is 0 Å². The summed E-state index contributed by atoms with van der Waals surface area (Å²) >= 11 is 0. The SMILES string of the molecule is O=C(NC(c1ccccc1)C1CCC1)N(CCO)CC1CC1. The summed E-state index contributed by atoms with van der Waals surface area (Å²) in [6, 6.07) is 10.3. The van der Waals surface area contributed by atoms with Crippen LogP contribution in [0, 0.1) is 11.8 Å². The topological polar surface area (TPSA) is 52.6 Å². The Bertz CT molecular complexity index is 483. The van der Waals surface area contributed by atoms with E-state index in [1.165, 1.54) is 37.7 Å². The molecule has 0 aliphatic heterocycles. The molecule has 2 saturated carbocycles. The van der Waals surface area contributed by atoms with Crippen LogP contribution in [0.5, 0.6) is 0 Å². The number of benzene rings is 1. The third kappa shape index (κ3) is 3.80. The quantitative estimate of drug-likeness (QED) is 0.813. The van der Waals surface area contributed by atoms with Gasteiger partial charge < -0.3 is 15.3 Å². The molecule has 22 heavy (non-hydrogen) atoms. The fraction of sp³-hybridized carbons (Fsp3) is 0.611. The molecule has 1 atom stereocenters. The minimum Gasteiger partial charge on any atom is -0.395 e. The van der Waals surface area contributed by atoms with E-state index in [2.05, 4.69) is 17.4 Å². The number of aliphatic hydroxyl groups excluding tert-OH is 1. The molecule has 2 N–H and O–H groups in total. The molecular weight excluding hydrogens is 276 g/mol. The molecule has 1 unspecified atom stereocenters. The Balaban J connectivity index is 1.67. The summed E-state index contributed by atoms with van der Waals surface area (Å²) in [6.45, 7) is 1.23. The molecule has 0 saturated heterocycles. The summed E-state index contributed by atoms with van der Waals surface area (Å²) < 4.78 is 0. The number of rotatable bonds is 7. The maximum atomic E-state index is 12.6. The van der Waals surface area contributed by atoms with Gasteiger partial charge in [0.1, 0.15) is 0 Å². The molecule has 0 spiro atoms. The van der Waals surface area contributed by atoms with Crippen LogP contribution in [0.25, 0.3) is 0 Å². The number of amides is 2. The highest BCUT2D eigenvalue weighted by molar-refractivity contribution is 5.75. The molecule has 0 aromatic heterocycles. The van der Waals surface area contributed by atoms with Gasteiger partial charge in [0.05, 0.1) is 12.6 Å². The Hall–Kier alpha value is -1.55. The molecule has 120 valence electrons. The van der Waals surface area contributed by atoms with Crippen LogP contribution in [0.3, 0.4) is 0 Å². The lowest BCUT2D eigenvalue weighted by Gasteiger charge is -2.36. The fourth-order valence-corrected chi connectivity index (χ4v) is 3.14. The number of carbonyl (C=O) groups is 1. The number of nitrogens with one attached hydrogen (secondary N) is 1. The molecule has 0 radical (unpaired) electrons. The van der Waals surface area contributed by atoms with Gasteiger partial charge in [0.25, 0.3) is 0 Å². The second-order valence-corrected chi connectivity index (χ2v) is 6.64. The first kappa shape index (κ1) is 15.3. The Morgan fingerprint density at radius 1 is 1.23 bits per heavy atom. The maximum absolute atomic E-state index is 12.6. The Labute approximate surface area is 132 Å². The van der Waals surface area contributed by atoms with Crippen LogP contribution in [0.2, 0.25) is 0 Å². The highest BCUT2D eigenvalue weighted by Gasteiger charge is 2.32. The van der Waals surface area contributed by atoms with E-state index in [0.29, 0.717) is 18.4 Å². The van der Waals surface area contributed by atoms with E-state index in [-0.39, 0.29) is 18.7 Å². The lowest BCUT2D eigenvalue weighted by atomic mass is 9.77. The smallest absolute Gasteiger partial charge is 0.317 e. The number of nitrogens with zero attached hydrogens (tertiary/aromatic N) is 1. The van der Waals surface area contributed by atoms with Gasteiger partial charge in [-0.1, -0.05) is 36.8 Å². The van der Waals surface area contributed by atoms with Crippen molar-refractivity contribution in [3.05, 3.63) is 35.9 Å². The van der Waals surface area contributed by atoms with Crippen LogP contribution in [0.4, 0.5) is 4.79 Å². The molecule has 2 aliphatic carbocycles. The number of carbonyl (C=O) groups excluding carboxylic acids is 1. The van der Waals surface area contributed by atoms with E-state index >= 15 is 0 Å². The van der Waals surface area contributed by atoms with Gasteiger partial charge in [-0.3, -0.25) is 0 Å². The van der Waals surface area contributed by atoms with Gasteiger partial charge in [0.2, 0.25) is 0 Å². The van der Waals surface area contributed by atoms with Crippen molar-refractivity contribution in [1.29, 1.82) is 0 Å². The van der Waals surface area contributed by atoms with Crippen molar-refractivity contribution in [3.8, 4) is 0 Å². The minimum atomic E-state index is -0.0262. The molecule has 2 aliphatic rings. The first-order chi connectivity index (χ1) is 10.8. The summed E-state index contributed by atoms with van der Waals surface area (Å²) in [7, 11) is 0. The molecule has 0 bridgehead atoms. The predicted molar refractivity (Wildman–Crippen MR) is 86.4 cm³/mol. The second kappa shape index (κ2) is 7.14. The van der Waals surface area contributed by atoms with Crippen LogP contribution in [0.15, 0.2) is 30.3 Å². The molecular formula is C18H26N2O2. The van der Waals surface area contributed by atoms with Crippen molar-refractivity contribution in [3.63, 3.8) is 0 Å². The molecule has 1 aromatic rings. The van der Waals surface area contributed by atoms with Crippen molar-refractivity contribution in [1.82, 2.24) is 10.2 Å². The monoisotopic (exact) mass is 302 g/mol. The third-order valence-corrected chi connectivity index (χ3v) is 4.89. The molecule has 4 nitrogen and oxygen atoms in total. The lowest BCUT2D eigenvalue weighted by Crippen LogP contribution is -2.46. The first-order valence-corrected chi connectivity index (χ1v) is 8.49. The summed E-state index contributed by atoms with van der Waals surface area (Å²) in [5.74, 6) is 1.18. The second-order valence-electron chi connectivity index (χ2n) is 6.64. The van der Waals surface area contributed by atoms with Crippen molar-refractivity contribution in [2.24, 2.45) is 11.8 Å². The summed E-state index contributed by atoms with van der Waals surface area (Å²) in [4.78, 5) is 14.4. The minimum absolute atomic E-state index is 0.0262. The largest absolute Gasteiger partial charge is 0.395 e. The van der Waals surface area contributed by atoms with Gasteiger partial charge >= 0.3 is 6.03 Å². The number of hydrogen-bond acceptors (Lipinski definition) is 2. The number of aliphatic hydroxyl groups is 1. The average molecular weight is 302 g/mol. The summed E-state index contributed by atoms with van der Waals surface area (Å²) in [5.41, 5.74) is 1.19. The highest BCUT2D eigenvalue weighted by atomic mass is 16.3. The Morgan fingerprint density at radius 2 is 1.95 bits per heavy atom. The van der Waals surface area contributed by atoms with Gasteiger partial charge in [-0.25, -0.2) is 4.79 Å². The first-order valence-electron chi connectivity index (χ1n) is 8.49. The highest BCUT2D eigenvalue weighted by Crippen LogP contribution is 2.38. The zero-order valence-electron chi connectivity index (χ0n) is 13.1. The van der Waals surface area contributed by atoms with Gasteiger partial charge in [0, 0.05) is 13.1 Å². The predicted octanol–water partition coefficient (Wildman–Crippen LogP) is 2.94. The van der Waals surface area contributed by atoms with Crippen LogP contribution >= 0.6 is 0 Å². The Morgan fingerprint density at radius 3 is 2.50 bits per heavy atom.